The molecule has 1 rings (SSSR count). The Morgan fingerprint density at radius 1 is 1.43 bits per heavy atom. The van der Waals surface area contributed by atoms with E-state index in [1.807, 2.05) is 5.32 Å². The monoisotopic (exact) mass is 314 g/mol. The number of carbonyl (C=O) groups excluding carboxylic acids is 1. The normalized spacial score (nSPS) is 11.3. The molecule has 0 unspecified atom stereocenters. The average Bonchev–Trinajstić information content (AvgIpc) is 2.31. The van der Waals surface area contributed by atoms with Crippen LogP contribution in [0, 0.1) is 15.9 Å². The molecule has 0 aromatic heterocycles. The number of anilines is 1. The molecule has 116 valence electrons. The summed E-state index contributed by atoms with van der Waals surface area (Å²) in [4.78, 5) is 20.1. The summed E-state index contributed by atoms with van der Waals surface area (Å²) in [5, 5.41) is 12.0. The molecule has 0 aliphatic heterocycles. The molecule has 0 saturated carbocycles. The number of rotatable bonds is 6. The van der Waals surface area contributed by atoms with Gasteiger partial charge in [-0.2, -0.15) is 17.6 Å². The van der Waals surface area contributed by atoms with Crippen LogP contribution in [0.2, 0.25) is 0 Å². The van der Waals surface area contributed by atoms with Gasteiger partial charge in [0.2, 0.25) is 0 Å². The van der Waals surface area contributed by atoms with Gasteiger partial charge in [-0.25, -0.2) is 4.39 Å². The highest BCUT2D eigenvalue weighted by Crippen LogP contribution is 2.30. The Bertz CT molecular complexity index is 552. The second-order valence-electron chi connectivity index (χ2n) is 3.65. The molecule has 1 aromatic rings. The maximum atomic E-state index is 13.4. The van der Waals surface area contributed by atoms with Crippen molar-refractivity contribution in [1.82, 2.24) is 0 Å². The molecule has 21 heavy (non-hydrogen) atoms. The zero-order valence-corrected chi connectivity index (χ0v) is 9.99. The van der Waals surface area contributed by atoms with Crippen LogP contribution >= 0.6 is 0 Å². The molecule has 1 aromatic carbocycles. The number of carbonyl (C=O) groups is 1. The summed E-state index contributed by atoms with van der Waals surface area (Å²) < 4.78 is 65.8. The second-order valence-corrected chi connectivity index (χ2v) is 3.65. The minimum atomic E-state index is -4.88. The van der Waals surface area contributed by atoms with E-state index in [0.717, 1.165) is 6.07 Å². The number of benzene rings is 1. The maximum absolute atomic E-state index is 13.4. The van der Waals surface area contributed by atoms with Crippen molar-refractivity contribution in [3.63, 3.8) is 0 Å². The minimum absolute atomic E-state index is 0.285. The fourth-order valence-electron chi connectivity index (χ4n) is 1.17. The second kappa shape index (κ2) is 6.33. The first-order valence-electron chi connectivity index (χ1n) is 5.18. The lowest BCUT2D eigenvalue weighted by molar-refractivity contribution is -0.467. The van der Waals surface area contributed by atoms with Gasteiger partial charge in [0.15, 0.2) is 11.6 Å². The van der Waals surface area contributed by atoms with Gasteiger partial charge in [-0.05, 0) is 12.1 Å². The van der Waals surface area contributed by atoms with Crippen LogP contribution in [0.4, 0.5) is 27.6 Å². The van der Waals surface area contributed by atoms with E-state index in [0.29, 0.717) is 12.1 Å². The molecule has 0 bridgehead atoms. The molecule has 11 heteroatoms. The molecule has 6 nitrogen and oxygen atoms in total. The van der Waals surface area contributed by atoms with E-state index in [9.17, 15) is 36.9 Å². The Labute approximate surface area is 113 Å². The number of hydrogen-bond donors (Lipinski definition) is 1. The summed E-state index contributed by atoms with van der Waals surface area (Å²) in [5.41, 5.74) is -0.285. The first-order chi connectivity index (χ1) is 9.61. The molecule has 0 aliphatic carbocycles. The van der Waals surface area contributed by atoms with Crippen LogP contribution in [-0.2, 0) is 4.79 Å². The van der Waals surface area contributed by atoms with E-state index in [1.54, 1.807) is 0 Å². The lowest BCUT2D eigenvalue weighted by atomic mass is 10.3. The van der Waals surface area contributed by atoms with E-state index >= 15 is 0 Å². The van der Waals surface area contributed by atoms with Crippen LogP contribution in [0.3, 0.4) is 0 Å². The van der Waals surface area contributed by atoms with Crippen molar-refractivity contribution in [2.75, 3.05) is 11.9 Å². The molecular weight excluding hydrogens is 307 g/mol. The van der Waals surface area contributed by atoms with Crippen LogP contribution in [-0.4, -0.2) is 29.9 Å². The summed E-state index contributed by atoms with van der Waals surface area (Å²) in [6.45, 7) is -1.08. The Morgan fingerprint density at radius 3 is 2.52 bits per heavy atom. The first-order valence-corrected chi connectivity index (χ1v) is 5.18. The Balaban J connectivity index is 2.81. The number of nitrogens with zero attached hydrogens (tertiary/aromatic N) is 1. The van der Waals surface area contributed by atoms with E-state index < -0.39 is 41.5 Å². The molecule has 0 aliphatic rings. The lowest BCUT2D eigenvalue weighted by Crippen LogP contribution is -2.33. The number of ether oxygens (including phenoxy) is 1. The van der Waals surface area contributed by atoms with Gasteiger partial charge in [0.1, 0.15) is 0 Å². The molecule has 0 radical (unpaired) electrons. The average molecular weight is 314 g/mol. The number of nitro groups is 1. The van der Waals surface area contributed by atoms with Gasteiger partial charge < -0.3 is 10.1 Å². The molecular formula is C10H7F5N2O4. The Morgan fingerprint density at radius 2 is 2.05 bits per heavy atom. The highest BCUT2D eigenvalue weighted by atomic mass is 19.3. The SMILES string of the molecule is O=C(C[N+](=O)[O-])Nc1ccc(OC(F)(F)C(F)F)c(F)c1. The molecule has 0 heterocycles. The van der Waals surface area contributed by atoms with Gasteiger partial charge in [-0.3, -0.25) is 14.9 Å². The van der Waals surface area contributed by atoms with Crippen LogP contribution in [0.1, 0.15) is 0 Å². The number of hydrogen-bond acceptors (Lipinski definition) is 4. The summed E-state index contributed by atoms with van der Waals surface area (Å²) >= 11 is 0. The quantitative estimate of drug-likeness (QED) is 0.496. The Kier molecular flexibility index (Phi) is 5.00. The molecule has 1 amide bonds. The van der Waals surface area contributed by atoms with E-state index in [4.69, 9.17) is 0 Å². The summed E-state index contributed by atoms with van der Waals surface area (Å²) in [6.07, 6.45) is -9.03. The van der Waals surface area contributed by atoms with Crippen molar-refractivity contribution < 1.29 is 36.4 Å². The zero-order chi connectivity index (χ0) is 16.2. The van der Waals surface area contributed by atoms with Gasteiger partial charge in [0, 0.05) is 16.7 Å². The predicted octanol–water partition coefficient (Wildman–Crippen LogP) is 2.28. The van der Waals surface area contributed by atoms with E-state index in [1.165, 1.54) is 0 Å². The number of halogens is 5. The standard InChI is InChI=1S/C10H7F5N2O4/c11-6-3-5(16-8(18)4-17(19)20)1-2-7(6)21-10(14,15)9(12)13/h1-3,9H,4H2,(H,16,18). The highest BCUT2D eigenvalue weighted by Gasteiger charge is 2.44. The van der Waals surface area contributed by atoms with Crippen molar-refractivity contribution in [2.45, 2.75) is 12.5 Å². The van der Waals surface area contributed by atoms with Crippen molar-refractivity contribution in [1.29, 1.82) is 0 Å². The van der Waals surface area contributed by atoms with Gasteiger partial charge >= 0.3 is 12.5 Å². The van der Waals surface area contributed by atoms with Gasteiger partial charge in [-0.1, -0.05) is 0 Å². The van der Waals surface area contributed by atoms with Gasteiger partial charge in [0.25, 0.3) is 12.5 Å². The third-order valence-electron chi connectivity index (χ3n) is 1.99. The summed E-state index contributed by atoms with van der Waals surface area (Å²) in [7, 11) is 0. The Hall–Kier alpha value is -2.46. The topological polar surface area (TPSA) is 81.5 Å². The van der Waals surface area contributed by atoms with Crippen molar-refractivity contribution in [3.05, 3.63) is 34.1 Å². The molecule has 0 fully saturated rings. The fraction of sp³-hybridized carbons (Fsp3) is 0.300. The fourth-order valence-corrected chi connectivity index (χ4v) is 1.17. The van der Waals surface area contributed by atoms with Crippen molar-refractivity contribution >= 4 is 11.6 Å². The summed E-state index contributed by atoms with van der Waals surface area (Å²) in [6, 6.07) is 1.93. The van der Waals surface area contributed by atoms with Crippen molar-refractivity contribution in [3.8, 4) is 5.75 Å². The maximum Gasteiger partial charge on any atom is 0.461 e. The zero-order valence-electron chi connectivity index (χ0n) is 9.99. The highest BCUT2D eigenvalue weighted by molar-refractivity contribution is 5.91. The molecule has 0 spiro atoms. The molecule has 0 saturated heterocycles. The number of nitrogens with one attached hydrogen (secondary N) is 1. The third kappa shape index (κ3) is 4.85. The van der Waals surface area contributed by atoms with E-state index in [2.05, 4.69) is 4.74 Å². The smallest absolute Gasteiger partial charge is 0.425 e. The lowest BCUT2D eigenvalue weighted by Gasteiger charge is -2.17. The van der Waals surface area contributed by atoms with Gasteiger partial charge in [-0.15, -0.1) is 0 Å². The minimum Gasteiger partial charge on any atom is -0.425 e. The predicted molar refractivity (Wildman–Crippen MR) is 58.5 cm³/mol. The van der Waals surface area contributed by atoms with Crippen LogP contribution < -0.4 is 10.1 Å². The molecule has 0 atom stereocenters. The van der Waals surface area contributed by atoms with Crippen LogP contribution in [0.15, 0.2) is 18.2 Å². The number of alkyl halides is 4. The number of amides is 1. The van der Waals surface area contributed by atoms with Crippen LogP contribution in [0.5, 0.6) is 5.75 Å². The van der Waals surface area contributed by atoms with E-state index in [-0.39, 0.29) is 5.69 Å². The third-order valence-corrected chi connectivity index (χ3v) is 1.99. The van der Waals surface area contributed by atoms with Crippen molar-refractivity contribution in [2.24, 2.45) is 0 Å². The van der Waals surface area contributed by atoms with Crippen LogP contribution in [0.25, 0.3) is 0 Å². The molecule has 1 N–H and O–H groups in total. The summed E-state index contributed by atoms with van der Waals surface area (Å²) in [5.74, 6) is -3.69. The largest absolute Gasteiger partial charge is 0.461 e. The van der Waals surface area contributed by atoms with Gasteiger partial charge in [0.05, 0.1) is 0 Å². The first kappa shape index (κ1) is 16.6.